The first-order valence-electron chi connectivity index (χ1n) is 10.5. The van der Waals surface area contributed by atoms with Gasteiger partial charge in [-0.2, -0.15) is 0 Å². The fraction of sp³-hybridized carbons (Fsp3) is 0.500. The van der Waals surface area contributed by atoms with Crippen molar-refractivity contribution >= 4 is 17.4 Å². The van der Waals surface area contributed by atoms with E-state index in [2.05, 4.69) is 32.1 Å². The summed E-state index contributed by atoms with van der Waals surface area (Å²) in [7, 11) is 3.25. The maximum Gasteiger partial charge on any atom is 0.233 e. The van der Waals surface area contributed by atoms with Crippen LogP contribution in [-0.4, -0.2) is 74.5 Å². The number of aromatic nitrogens is 2. The summed E-state index contributed by atoms with van der Waals surface area (Å²) in [5.41, 5.74) is 1.17. The first-order valence-corrected chi connectivity index (χ1v) is 10.5. The molecule has 0 unspecified atom stereocenters. The minimum atomic E-state index is 0.00943. The van der Waals surface area contributed by atoms with Crippen molar-refractivity contribution in [3.05, 3.63) is 36.4 Å². The molecule has 160 valence electrons. The second kappa shape index (κ2) is 9.19. The summed E-state index contributed by atoms with van der Waals surface area (Å²) >= 11 is 0. The lowest BCUT2D eigenvalue weighted by molar-refractivity contribution is -0.136. The van der Waals surface area contributed by atoms with Gasteiger partial charge in [-0.05, 0) is 43.2 Å². The van der Waals surface area contributed by atoms with Crippen molar-refractivity contribution in [3.8, 4) is 11.6 Å². The van der Waals surface area contributed by atoms with E-state index in [9.17, 15) is 4.79 Å². The molecule has 0 aliphatic carbocycles. The number of benzene rings is 1. The Morgan fingerprint density at radius 3 is 2.30 bits per heavy atom. The number of carbonyl (C=O) groups excluding carboxylic acids is 1. The van der Waals surface area contributed by atoms with E-state index in [1.807, 2.05) is 29.2 Å². The number of nitrogens with zero attached hydrogens (tertiary/aromatic N) is 5. The predicted octanol–water partition coefficient (Wildman–Crippen LogP) is 2.06. The summed E-state index contributed by atoms with van der Waals surface area (Å²) in [5, 5.41) is 8.30. The van der Waals surface area contributed by atoms with Gasteiger partial charge >= 0.3 is 0 Å². The highest BCUT2D eigenvalue weighted by atomic mass is 16.5. The Morgan fingerprint density at radius 1 is 0.900 bits per heavy atom. The number of ether oxygens (including phenoxy) is 2. The smallest absolute Gasteiger partial charge is 0.233 e. The summed E-state index contributed by atoms with van der Waals surface area (Å²) in [6.45, 7) is 4.79. The van der Waals surface area contributed by atoms with Gasteiger partial charge in [0, 0.05) is 51.0 Å². The number of hydrogen-bond acceptors (Lipinski definition) is 7. The first kappa shape index (κ1) is 20.3. The molecule has 3 heterocycles. The van der Waals surface area contributed by atoms with Crippen LogP contribution in [0.2, 0.25) is 0 Å². The van der Waals surface area contributed by atoms with Crippen molar-refractivity contribution in [1.82, 2.24) is 15.1 Å². The zero-order valence-electron chi connectivity index (χ0n) is 17.7. The second-order valence-electron chi connectivity index (χ2n) is 7.73. The van der Waals surface area contributed by atoms with E-state index in [1.165, 1.54) is 5.69 Å². The summed E-state index contributed by atoms with van der Waals surface area (Å²) < 4.78 is 10.3. The van der Waals surface area contributed by atoms with Crippen molar-refractivity contribution in [2.45, 2.75) is 12.8 Å². The first-order chi connectivity index (χ1) is 14.7. The molecule has 4 rings (SSSR count). The van der Waals surface area contributed by atoms with Gasteiger partial charge in [0.2, 0.25) is 11.8 Å². The molecule has 2 aliphatic rings. The molecule has 0 N–H and O–H groups in total. The van der Waals surface area contributed by atoms with E-state index in [-0.39, 0.29) is 11.8 Å². The average Bonchev–Trinajstić information content (AvgIpc) is 2.84. The molecule has 8 heteroatoms. The van der Waals surface area contributed by atoms with Crippen molar-refractivity contribution in [2.75, 3.05) is 63.3 Å². The molecule has 0 bridgehead atoms. The number of piperidine rings is 1. The van der Waals surface area contributed by atoms with Gasteiger partial charge in [-0.15, -0.1) is 10.2 Å². The van der Waals surface area contributed by atoms with Crippen molar-refractivity contribution in [2.24, 2.45) is 5.92 Å². The van der Waals surface area contributed by atoms with Gasteiger partial charge in [-0.25, -0.2) is 0 Å². The van der Waals surface area contributed by atoms with Crippen LogP contribution in [0.3, 0.4) is 0 Å². The van der Waals surface area contributed by atoms with E-state index >= 15 is 0 Å². The number of methoxy groups -OCH3 is 2. The number of rotatable bonds is 5. The SMILES string of the molecule is COc1ccc(N2CCN(C(=O)[C@H]3CCCN(c4ccc(OC)nn4)C3)CC2)cc1. The molecule has 0 spiro atoms. The van der Waals surface area contributed by atoms with Crippen LogP contribution in [0.15, 0.2) is 36.4 Å². The van der Waals surface area contributed by atoms with Gasteiger partial charge in [-0.3, -0.25) is 4.79 Å². The highest BCUT2D eigenvalue weighted by molar-refractivity contribution is 5.80. The maximum atomic E-state index is 13.2. The zero-order valence-corrected chi connectivity index (χ0v) is 17.7. The third kappa shape index (κ3) is 4.42. The Balaban J connectivity index is 1.32. The number of anilines is 2. The van der Waals surface area contributed by atoms with Crippen molar-refractivity contribution < 1.29 is 14.3 Å². The largest absolute Gasteiger partial charge is 0.497 e. The van der Waals surface area contributed by atoms with Crippen molar-refractivity contribution in [3.63, 3.8) is 0 Å². The molecule has 2 aliphatic heterocycles. The van der Waals surface area contributed by atoms with E-state index in [0.29, 0.717) is 12.4 Å². The summed E-state index contributed by atoms with van der Waals surface area (Å²) in [6, 6.07) is 11.8. The number of piperazine rings is 1. The molecular formula is C22H29N5O3. The highest BCUT2D eigenvalue weighted by Crippen LogP contribution is 2.25. The predicted molar refractivity (Wildman–Crippen MR) is 115 cm³/mol. The van der Waals surface area contributed by atoms with Crippen LogP contribution in [-0.2, 0) is 4.79 Å². The number of amides is 1. The average molecular weight is 412 g/mol. The molecule has 2 saturated heterocycles. The zero-order chi connectivity index (χ0) is 20.9. The maximum absolute atomic E-state index is 13.2. The Labute approximate surface area is 177 Å². The Morgan fingerprint density at radius 2 is 1.67 bits per heavy atom. The van der Waals surface area contributed by atoms with Gasteiger partial charge in [0.05, 0.1) is 20.1 Å². The molecule has 1 aromatic heterocycles. The van der Waals surface area contributed by atoms with Gasteiger partial charge in [0.15, 0.2) is 5.82 Å². The van der Waals surface area contributed by atoms with Crippen LogP contribution in [0.25, 0.3) is 0 Å². The number of carbonyl (C=O) groups is 1. The van der Waals surface area contributed by atoms with Crippen molar-refractivity contribution in [1.29, 1.82) is 0 Å². The van der Waals surface area contributed by atoms with Crippen LogP contribution < -0.4 is 19.3 Å². The fourth-order valence-corrected chi connectivity index (χ4v) is 4.21. The lowest BCUT2D eigenvalue weighted by Crippen LogP contribution is -2.52. The molecule has 0 radical (unpaired) electrons. The third-order valence-electron chi connectivity index (χ3n) is 5.96. The van der Waals surface area contributed by atoms with Crippen LogP contribution in [0, 0.1) is 5.92 Å². The topological polar surface area (TPSA) is 71.0 Å². The van der Waals surface area contributed by atoms with Crippen LogP contribution in [0.5, 0.6) is 11.6 Å². The van der Waals surface area contributed by atoms with E-state index in [4.69, 9.17) is 9.47 Å². The minimum absolute atomic E-state index is 0.00943. The standard InChI is InChI=1S/C22H29N5O3/c1-29-19-7-5-18(6-8-19)25-12-14-26(15-13-25)22(28)17-4-3-11-27(16-17)20-9-10-21(30-2)24-23-20/h5-10,17H,3-4,11-16H2,1-2H3/t17-/m0/s1. The molecule has 2 fully saturated rings. The Hall–Kier alpha value is -3.03. The monoisotopic (exact) mass is 411 g/mol. The van der Waals surface area contributed by atoms with Crippen LogP contribution in [0.1, 0.15) is 12.8 Å². The Bertz CT molecular complexity index is 835. The van der Waals surface area contributed by atoms with Gasteiger partial charge in [0.25, 0.3) is 0 Å². The summed E-state index contributed by atoms with van der Waals surface area (Å²) in [5.74, 6) is 2.43. The molecule has 1 amide bonds. The lowest BCUT2D eigenvalue weighted by atomic mass is 9.96. The summed E-state index contributed by atoms with van der Waals surface area (Å²) in [4.78, 5) is 19.7. The third-order valence-corrected chi connectivity index (χ3v) is 5.96. The highest BCUT2D eigenvalue weighted by Gasteiger charge is 2.31. The van der Waals surface area contributed by atoms with Crippen LogP contribution in [0.4, 0.5) is 11.5 Å². The number of hydrogen-bond donors (Lipinski definition) is 0. The molecule has 1 aromatic carbocycles. The minimum Gasteiger partial charge on any atom is -0.497 e. The second-order valence-corrected chi connectivity index (χ2v) is 7.73. The molecule has 0 saturated carbocycles. The van der Waals surface area contributed by atoms with E-state index in [0.717, 1.165) is 57.1 Å². The van der Waals surface area contributed by atoms with E-state index < -0.39 is 0 Å². The normalized spacial score (nSPS) is 19.5. The van der Waals surface area contributed by atoms with Crippen LogP contribution >= 0.6 is 0 Å². The van der Waals surface area contributed by atoms with Gasteiger partial charge in [-0.1, -0.05) is 0 Å². The molecule has 1 atom stereocenters. The lowest BCUT2D eigenvalue weighted by Gasteiger charge is -2.40. The summed E-state index contributed by atoms with van der Waals surface area (Å²) in [6.07, 6.45) is 1.91. The quantitative estimate of drug-likeness (QED) is 0.746. The molecule has 2 aromatic rings. The Kier molecular flexibility index (Phi) is 6.21. The molecule has 30 heavy (non-hydrogen) atoms. The van der Waals surface area contributed by atoms with E-state index in [1.54, 1.807) is 14.2 Å². The fourth-order valence-electron chi connectivity index (χ4n) is 4.21. The van der Waals surface area contributed by atoms with Gasteiger partial charge < -0.3 is 24.2 Å². The molecule has 8 nitrogen and oxygen atoms in total. The molecular weight excluding hydrogens is 382 g/mol. The van der Waals surface area contributed by atoms with Gasteiger partial charge in [0.1, 0.15) is 5.75 Å².